The number of unbranched alkanes of at least 4 members (excludes halogenated alkanes) is 8. The molecule has 2 aromatic rings. The van der Waals surface area contributed by atoms with Crippen molar-refractivity contribution in [2.75, 3.05) is 31.6 Å². The van der Waals surface area contributed by atoms with Crippen LogP contribution < -0.4 is 16.0 Å². The number of fused-ring (bicyclic) bond motifs is 5. The van der Waals surface area contributed by atoms with E-state index in [1.165, 1.54) is 37.8 Å². The number of rotatable bonds is 18. The summed E-state index contributed by atoms with van der Waals surface area (Å²) in [5.74, 6) is 0.503. The Morgan fingerprint density at radius 3 is 2.51 bits per heavy atom. The van der Waals surface area contributed by atoms with Crippen molar-refractivity contribution in [3.8, 4) is 5.75 Å². The molecule has 2 spiro atoms. The fourth-order valence-corrected chi connectivity index (χ4v) is 10.4. The Hall–Kier alpha value is -4.42. The van der Waals surface area contributed by atoms with Crippen LogP contribution in [0, 0.1) is 11.3 Å². The summed E-state index contributed by atoms with van der Waals surface area (Å²) in [6.07, 6.45) is 16.7. The zero-order chi connectivity index (χ0) is 37.8. The van der Waals surface area contributed by atoms with Crippen LogP contribution in [-0.2, 0) is 24.8 Å². The maximum atomic E-state index is 13.7. The zero-order valence-electron chi connectivity index (χ0n) is 31.5. The molecule has 6 unspecified atom stereocenters. The number of carbonyl (C=O) groups excluding carboxylic acids is 4. The summed E-state index contributed by atoms with van der Waals surface area (Å²) in [7, 11) is 0. The highest BCUT2D eigenvalue weighted by Gasteiger charge is 2.78. The van der Waals surface area contributed by atoms with Crippen molar-refractivity contribution in [3.63, 3.8) is 0 Å². The minimum atomic E-state index is -0.716. The number of phenols is 1. The van der Waals surface area contributed by atoms with Gasteiger partial charge in [-0.15, -0.1) is 0 Å². The number of phenolic OH excluding ortho intramolecular Hbond substituents is 1. The number of carbonyl (C=O) groups is 4. The minimum absolute atomic E-state index is 0.0171. The number of allylic oxidation sites excluding steroid dienone is 1. The van der Waals surface area contributed by atoms with Crippen molar-refractivity contribution in [1.29, 1.82) is 0 Å². The van der Waals surface area contributed by atoms with Crippen molar-refractivity contribution < 1.29 is 33.8 Å². The van der Waals surface area contributed by atoms with Crippen molar-refractivity contribution in [1.82, 2.24) is 20.4 Å². The van der Waals surface area contributed by atoms with Crippen LogP contribution in [0.4, 0.5) is 5.69 Å². The molecule has 7 fully saturated rings. The van der Waals surface area contributed by atoms with Crippen molar-refractivity contribution in [3.05, 3.63) is 71.4 Å². The quantitative estimate of drug-likeness (QED) is 0.0685. The predicted octanol–water partition coefficient (Wildman–Crippen LogP) is 5.32. The number of nitrogens with zero attached hydrogens (tertiary/aromatic N) is 2. The highest BCUT2D eigenvalue weighted by atomic mass is 16.6. The summed E-state index contributed by atoms with van der Waals surface area (Å²) in [6, 6.07) is 12.4. The average Bonchev–Trinajstić information content (AvgIpc) is 4.12. The Labute approximate surface area is 322 Å². The van der Waals surface area contributed by atoms with Gasteiger partial charge in [0.2, 0.25) is 11.8 Å². The van der Waals surface area contributed by atoms with E-state index in [4.69, 9.17) is 9.47 Å². The van der Waals surface area contributed by atoms with Crippen LogP contribution in [0.25, 0.3) is 0 Å². The molecule has 12 nitrogen and oxygen atoms in total. The van der Waals surface area contributed by atoms with Gasteiger partial charge in [-0.1, -0.05) is 63.1 Å². The highest BCUT2D eigenvalue weighted by molar-refractivity contribution is 6.06. The number of ketones is 1. The molecule has 2 aliphatic carbocycles. The minimum Gasteiger partial charge on any atom is -0.507 e. The van der Waals surface area contributed by atoms with Crippen LogP contribution in [-0.4, -0.2) is 88.6 Å². The number of aromatic hydroxyl groups is 1. The summed E-state index contributed by atoms with van der Waals surface area (Å²) < 4.78 is 11.6. The molecular weight excluding hydrogens is 699 g/mol. The van der Waals surface area contributed by atoms with Crippen molar-refractivity contribution in [2.45, 2.75) is 120 Å². The number of benzene rings is 2. The standard InChI is InChI=1S/C43H53N5O7/c49-33-13-10-9-12-29(33)34(50)19-21-45-42-24-41(23-35(41)42)25-47(26-42)37(52)14-8-6-4-2-1-3-5-7-11-20-44-28-15-16-31-30(22-28)40(53)48(43(31)27-54-43)32-17-18-36(51)46-39-38(32)55-39/h9-10,12-13,15-16,19,21-22,32,35,38-39,44-45,49H,1-8,11,14,17-18,20,23-27H2,(H,46,51)/b21-19+/t32?,35?,38?,39?,41-,42?,43?/m0/s1. The monoisotopic (exact) mass is 751 g/mol. The number of hydrogen-bond acceptors (Lipinski definition) is 9. The van der Waals surface area contributed by atoms with Gasteiger partial charge in [-0.25, -0.2) is 0 Å². The molecule has 12 heteroatoms. The van der Waals surface area contributed by atoms with E-state index in [0.717, 1.165) is 69.3 Å². The molecule has 2 saturated carbocycles. The topological polar surface area (TPSA) is 156 Å². The lowest BCUT2D eigenvalue weighted by Gasteiger charge is -2.56. The van der Waals surface area contributed by atoms with E-state index in [2.05, 4.69) is 20.9 Å². The predicted molar refractivity (Wildman–Crippen MR) is 204 cm³/mol. The van der Waals surface area contributed by atoms with Gasteiger partial charge in [0.25, 0.3) is 5.91 Å². The molecule has 6 heterocycles. The number of amides is 3. The first-order chi connectivity index (χ1) is 26.7. The Balaban J connectivity index is 0.628. The Kier molecular flexibility index (Phi) is 9.39. The fourth-order valence-electron chi connectivity index (χ4n) is 10.4. The molecule has 292 valence electrons. The maximum absolute atomic E-state index is 13.7. The van der Waals surface area contributed by atoms with Gasteiger partial charge < -0.3 is 35.4 Å². The summed E-state index contributed by atoms with van der Waals surface area (Å²) in [5.41, 5.74) is 2.26. The highest BCUT2D eigenvalue weighted by Crippen LogP contribution is 2.75. The molecule has 8 aliphatic rings. The van der Waals surface area contributed by atoms with Crippen LogP contribution in [0.1, 0.15) is 116 Å². The first-order valence-electron chi connectivity index (χ1n) is 20.6. The van der Waals surface area contributed by atoms with E-state index in [9.17, 15) is 24.3 Å². The summed E-state index contributed by atoms with van der Waals surface area (Å²) in [4.78, 5) is 55.3. The van der Waals surface area contributed by atoms with Gasteiger partial charge in [0.15, 0.2) is 17.7 Å². The summed E-state index contributed by atoms with van der Waals surface area (Å²) >= 11 is 0. The van der Waals surface area contributed by atoms with E-state index in [0.29, 0.717) is 43.9 Å². The maximum Gasteiger partial charge on any atom is 0.257 e. The van der Waals surface area contributed by atoms with Gasteiger partial charge in [-0.05, 0) is 67.7 Å². The van der Waals surface area contributed by atoms with Gasteiger partial charge in [0, 0.05) is 61.6 Å². The van der Waals surface area contributed by atoms with Crippen LogP contribution in [0.5, 0.6) is 5.75 Å². The number of para-hydroxylation sites is 1. The molecule has 2 bridgehead atoms. The smallest absolute Gasteiger partial charge is 0.257 e. The van der Waals surface area contributed by atoms with Crippen molar-refractivity contribution in [2.24, 2.45) is 11.3 Å². The lowest BCUT2D eigenvalue weighted by molar-refractivity contribution is -0.140. The average molecular weight is 752 g/mol. The zero-order valence-corrected chi connectivity index (χ0v) is 31.5. The fraction of sp³-hybridized carbons (Fsp3) is 0.581. The third-order valence-corrected chi connectivity index (χ3v) is 13.4. The van der Waals surface area contributed by atoms with Crippen molar-refractivity contribution >= 4 is 29.2 Å². The number of epoxide rings is 2. The molecule has 6 aliphatic heterocycles. The molecule has 7 atom stereocenters. The molecule has 5 saturated heterocycles. The van der Waals surface area contributed by atoms with Gasteiger partial charge in [-0.3, -0.25) is 24.1 Å². The summed E-state index contributed by atoms with van der Waals surface area (Å²) in [6.45, 7) is 2.90. The van der Waals surface area contributed by atoms with Crippen LogP contribution >= 0.6 is 0 Å². The second kappa shape index (κ2) is 14.3. The largest absolute Gasteiger partial charge is 0.507 e. The Morgan fingerprint density at radius 1 is 0.982 bits per heavy atom. The number of piperidine rings is 2. The molecule has 10 rings (SSSR count). The second-order valence-corrected chi connectivity index (χ2v) is 17.1. The van der Waals surface area contributed by atoms with Gasteiger partial charge >= 0.3 is 0 Å². The van der Waals surface area contributed by atoms with Gasteiger partial charge in [-0.2, -0.15) is 0 Å². The molecule has 0 aromatic heterocycles. The number of anilines is 1. The van der Waals surface area contributed by atoms with Gasteiger partial charge in [0.05, 0.1) is 17.1 Å². The Morgan fingerprint density at radius 2 is 1.75 bits per heavy atom. The molecule has 4 N–H and O–H groups in total. The molecule has 3 amide bonds. The second-order valence-electron chi connectivity index (χ2n) is 17.1. The lowest BCUT2D eigenvalue weighted by atomic mass is 9.64. The third kappa shape index (κ3) is 6.79. The van der Waals surface area contributed by atoms with E-state index >= 15 is 0 Å². The molecule has 2 aromatic carbocycles. The van der Waals surface area contributed by atoms with E-state index in [1.54, 1.807) is 24.4 Å². The first-order valence-corrected chi connectivity index (χ1v) is 20.6. The SMILES string of the molecule is O=C1CCC(N2C(=O)c3cc(NCCCCCCCCCCCC(=O)N4CC5(N/C=C/C(=O)c6ccccc6O)C[C@@]6(CC56)C4)ccc3C23CO3)C2OC2N1. The lowest BCUT2D eigenvalue weighted by Crippen LogP contribution is -2.68. The van der Waals surface area contributed by atoms with E-state index in [1.807, 2.05) is 23.1 Å². The van der Waals surface area contributed by atoms with Crippen LogP contribution in [0.15, 0.2) is 54.7 Å². The first kappa shape index (κ1) is 36.2. The van der Waals surface area contributed by atoms with Crippen LogP contribution in [0.3, 0.4) is 0 Å². The Bertz CT molecular complexity index is 1900. The normalized spacial score (nSPS) is 31.9. The molecular formula is C43H53N5O7. The molecule has 55 heavy (non-hydrogen) atoms. The van der Waals surface area contributed by atoms with Crippen LogP contribution in [0.2, 0.25) is 0 Å². The van der Waals surface area contributed by atoms with Gasteiger partial charge in [0.1, 0.15) is 18.5 Å². The van der Waals surface area contributed by atoms with E-state index in [-0.39, 0.29) is 64.1 Å². The molecule has 0 radical (unpaired) electrons. The number of hydrogen-bond donors (Lipinski definition) is 4. The summed E-state index contributed by atoms with van der Waals surface area (Å²) in [5, 5.41) is 19.9. The third-order valence-electron chi connectivity index (χ3n) is 13.4. The number of nitrogens with one attached hydrogen (secondary N) is 3. The number of ether oxygens (including phenoxy) is 2. The van der Waals surface area contributed by atoms with E-state index < -0.39 is 5.72 Å².